The summed E-state index contributed by atoms with van der Waals surface area (Å²) in [6.07, 6.45) is -27.0. The average molecular weight is 565 g/mol. The number of pyridine rings is 1. The Hall–Kier alpha value is -3.57. The lowest BCUT2D eigenvalue weighted by Crippen LogP contribution is -2.24. The van der Waals surface area contributed by atoms with E-state index in [0.717, 1.165) is 6.07 Å². The Bertz CT molecular complexity index is 1200. The van der Waals surface area contributed by atoms with Crippen LogP contribution in [-0.2, 0) is 29.4 Å². The molecule has 0 saturated carbocycles. The van der Waals surface area contributed by atoms with Crippen molar-refractivity contribution < 1.29 is 62.5 Å². The van der Waals surface area contributed by atoms with Crippen molar-refractivity contribution in [3.05, 3.63) is 63.5 Å². The van der Waals surface area contributed by atoms with E-state index in [-0.39, 0.29) is 24.3 Å². The first-order valence-corrected chi connectivity index (χ1v) is 9.66. The number of halogens is 12. The van der Waals surface area contributed by atoms with E-state index in [0.29, 0.717) is 7.11 Å². The first-order chi connectivity index (χ1) is 17.2. The van der Waals surface area contributed by atoms with Crippen LogP contribution in [0.1, 0.15) is 51.4 Å². The van der Waals surface area contributed by atoms with Gasteiger partial charge in [0.05, 0.1) is 28.9 Å². The molecule has 2 rings (SSSR count). The van der Waals surface area contributed by atoms with E-state index in [2.05, 4.69) is 4.98 Å². The number of aliphatic hydroxyl groups is 1. The van der Waals surface area contributed by atoms with Gasteiger partial charge in [0.1, 0.15) is 29.5 Å². The Balaban J connectivity index is 2.78. The lowest BCUT2D eigenvalue weighted by atomic mass is 9.85. The van der Waals surface area contributed by atoms with E-state index in [1.54, 1.807) is 0 Å². The molecule has 3 atom stereocenters. The third-order valence-corrected chi connectivity index (χ3v) is 5.05. The molecular formula is C21H11F12N3O2. The predicted octanol–water partition coefficient (Wildman–Crippen LogP) is 6.59. The Morgan fingerprint density at radius 3 is 1.45 bits per heavy atom. The summed E-state index contributed by atoms with van der Waals surface area (Å²) in [5, 5.41) is 29.0. The van der Waals surface area contributed by atoms with Crippen molar-refractivity contribution in [3.8, 4) is 12.1 Å². The van der Waals surface area contributed by atoms with Gasteiger partial charge in [0, 0.05) is 7.11 Å². The number of ether oxygens (including phenoxy) is 1. The van der Waals surface area contributed by atoms with Crippen molar-refractivity contribution in [3.63, 3.8) is 0 Å². The highest BCUT2D eigenvalue weighted by molar-refractivity contribution is 5.50. The van der Waals surface area contributed by atoms with Crippen LogP contribution in [0.4, 0.5) is 52.7 Å². The van der Waals surface area contributed by atoms with E-state index >= 15 is 0 Å². The molecule has 0 radical (unpaired) electrons. The molecule has 0 amide bonds. The fourth-order valence-electron chi connectivity index (χ4n) is 3.41. The quantitative estimate of drug-likeness (QED) is 0.414. The highest BCUT2D eigenvalue weighted by atomic mass is 19.4. The number of aliphatic hydroxyl groups excluding tert-OH is 1. The second kappa shape index (κ2) is 10.3. The van der Waals surface area contributed by atoms with Gasteiger partial charge in [-0.3, -0.25) is 0 Å². The number of rotatable bonds is 5. The number of nitrogens with zero attached hydrogens (tertiary/aromatic N) is 3. The van der Waals surface area contributed by atoms with Gasteiger partial charge in [0.25, 0.3) is 0 Å². The maximum atomic E-state index is 13.4. The van der Waals surface area contributed by atoms with Gasteiger partial charge >= 0.3 is 24.7 Å². The van der Waals surface area contributed by atoms with Crippen LogP contribution in [0.3, 0.4) is 0 Å². The van der Waals surface area contributed by atoms with Crippen molar-refractivity contribution in [1.82, 2.24) is 4.98 Å². The fourth-order valence-corrected chi connectivity index (χ4v) is 3.41. The summed E-state index contributed by atoms with van der Waals surface area (Å²) in [5.74, 6) is -2.35. The molecule has 2 aromatic rings. The van der Waals surface area contributed by atoms with E-state index in [4.69, 9.17) is 10.00 Å². The van der Waals surface area contributed by atoms with Crippen molar-refractivity contribution >= 4 is 0 Å². The smallest absolute Gasteiger partial charge is 0.387 e. The summed E-state index contributed by atoms with van der Waals surface area (Å²) in [6, 6.07) is 1.83. The molecule has 1 N–H and O–H groups in total. The molecule has 1 aromatic carbocycles. The zero-order valence-corrected chi connectivity index (χ0v) is 18.3. The fraction of sp³-hybridized carbons (Fsp3) is 0.381. The highest BCUT2D eigenvalue weighted by Crippen LogP contribution is 2.44. The summed E-state index contributed by atoms with van der Waals surface area (Å²) in [4.78, 5) is 2.45. The van der Waals surface area contributed by atoms with E-state index in [1.807, 2.05) is 0 Å². The Kier molecular flexibility index (Phi) is 8.31. The molecule has 17 heteroatoms. The van der Waals surface area contributed by atoms with Gasteiger partial charge in [0.15, 0.2) is 0 Å². The first kappa shape index (κ1) is 30.7. The van der Waals surface area contributed by atoms with E-state index in [9.17, 15) is 63.1 Å². The molecule has 1 aromatic heterocycles. The van der Waals surface area contributed by atoms with Gasteiger partial charge in [-0.15, -0.1) is 0 Å². The Morgan fingerprint density at radius 1 is 0.737 bits per heavy atom. The number of aromatic nitrogens is 1. The van der Waals surface area contributed by atoms with Crippen LogP contribution < -0.4 is 0 Å². The molecule has 0 fully saturated rings. The maximum Gasteiger partial charge on any atom is 0.433 e. The summed E-state index contributed by atoms with van der Waals surface area (Å²) in [5.41, 5.74) is -12.7. The van der Waals surface area contributed by atoms with E-state index < -0.39 is 82.0 Å². The van der Waals surface area contributed by atoms with Crippen molar-refractivity contribution in [2.24, 2.45) is 5.92 Å². The molecule has 1 heterocycles. The molecule has 0 aliphatic heterocycles. The van der Waals surface area contributed by atoms with Crippen LogP contribution in [0.25, 0.3) is 0 Å². The summed E-state index contributed by atoms with van der Waals surface area (Å²) < 4.78 is 164. The second-order valence-electron chi connectivity index (χ2n) is 7.52. The van der Waals surface area contributed by atoms with Crippen molar-refractivity contribution in [2.75, 3.05) is 7.11 Å². The lowest BCUT2D eigenvalue weighted by molar-refractivity contribution is -0.150. The van der Waals surface area contributed by atoms with E-state index in [1.165, 1.54) is 6.07 Å². The summed E-state index contributed by atoms with van der Waals surface area (Å²) in [6.45, 7) is 0. The predicted molar refractivity (Wildman–Crippen MR) is 99.2 cm³/mol. The van der Waals surface area contributed by atoms with Crippen LogP contribution in [0, 0.1) is 28.6 Å². The second-order valence-corrected chi connectivity index (χ2v) is 7.52. The molecule has 0 aliphatic carbocycles. The van der Waals surface area contributed by atoms with Crippen LogP contribution in [-0.4, -0.2) is 17.2 Å². The lowest BCUT2D eigenvalue weighted by Gasteiger charge is -2.27. The average Bonchev–Trinajstić information content (AvgIpc) is 2.78. The number of benzene rings is 1. The molecule has 38 heavy (non-hydrogen) atoms. The molecular weight excluding hydrogens is 554 g/mol. The number of alkyl halides is 12. The highest BCUT2D eigenvalue weighted by Gasteiger charge is 2.44. The number of nitriles is 2. The summed E-state index contributed by atoms with van der Waals surface area (Å²) >= 11 is 0. The first-order valence-electron chi connectivity index (χ1n) is 9.66. The van der Waals surface area contributed by atoms with Crippen LogP contribution in [0.5, 0.6) is 0 Å². The van der Waals surface area contributed by atoms with Gasteiger partial charge in [-0.1, -0.05) is 0 Å². The molecule has 0 saturated heterocycles. The molecule has 206 valence electrons. The zero-order chi connectivity index (χ0) is 29.4. The molecule has 5 nitrogen and oxygen atoms in total. The molecule has 0 spiro atoms. The zero-order valence-electron chi connectivity index (χ0n) is 18.3. The molecule has 0 bridgehead atoms. The minimum atomic E-state index is -5.57. The van der Waals surface area contributed by atoms with Crippen LogP contribution >= 0.6 is 0 Å². The number of methoxy groups -OCH3 is 1. The Labute approximate surface area is 204 Å². The molecule has 3 unspecified atom stereocenters. The standard InChI is InChI=1S/C21H11F12N3O2/c1-38-17(9-4-14(20(28,29)30)36-15(5-9)21(31,32)33)11(7-35)16(37)8-2-12(18(22,23)24)10(6-34)13(3-8)19(25,26)27/h2-5,11,16-17,37H,1H3. The maximum absolute atomic E-state index is 13.4. The van der Waals surface area contributed by atoms with Gasteiger partial charge < -0.3 is 9.84 Å². The van der Waals surface area contributed by atoms with Gasteiger partial charge in [-0.2, -0.15) is 63.2 Å². The van der Waals surface area contributed by atoms with Crippen LogP contribution in [0.15, 0.2) is 24.3 Å². The minimum Gasteiger partial charge on any atom is -0.387 e. The third kappa shape index (κ3) is 6.46. The number of hydrogen-bond acceptors (Lipinski definition) is 5. The van der Waals surface area contributed by atoms with Gasteiger partial charge in [0.2, 0.25) is 0 Å². The Morgan fingerprint density at radius 2 is 1.16 bits per heavy atom. The minimum absolute atomic E-state index is 0.0154. The number of hydrogen-bond donors (Lipinski definition) is 1. The van der Waals surface area contributed by atoms with Crippen molar-refractivity contribution in [2.45, 2.75) is 36.9 Å². The summed E-state index contributed by atoms with van der Waals surface area (Å²) in [7, 11) is 0.656. The normalized spacial score (nSPS) is 15.4. The monoisotopic (exact) mass is 565 g/mol. The SMILES string of the molecule is COC(c1cc(C(F)(F)F)nc(C(F)(F)F)c1)C(C#N)C(O)c1cc(C(F)(F)F)c(C#N)c(C(F)(F)F)c1. The molecule has 0 aliphatic rings. The third-order valence-electron chi connectivity index (χ3n) is 5.05. The largest absolute Gasteiger partial charge is 0.433 e. The van der Waals surface area contributed by atoms with Crippen molar-refractivity contribution in [1.29, 1.82) is 10.5 Å². The van der Waals surface area contributed by atoms with Gasteiger partial charge in [-0.25, -0.2) is 4.98 Å². The van der Waals surface area contributed by atoms with Gasteiger partial charge in [-0.05, 0) is 35.4 Å². The topological polar surface area (TPSA) is 89.9 Å². The van der Waals surface area contributed by atoms with Crippen LogP contribution in [0.2, 0.25) is 0 Å².